The molecule has 1 atom stereocenters. The van der Waals surface area contributed by atoms with Crippen LogP contribution in [0, 0.1) is 5.82 Å². The molecule has 0 saturated heterocycles. The Labute approximate surface area is 78.1 Å². The molecule has 1 unspecified atom stereocenters. The predicted octanol–water partition coefficient (Wildman–Crippen LogP) is 2.58. The second-order valence-electron chi connectivity index (χ2n) is 3.20. The molecule has 0 heterocycles. The van der Waals surface area contributed by atoms with Crippen LogP contribution in [0.2, 0.25) is 0 Å². The first-order valence-electron chi connectivity index (χ1n) is 4.29. The molecule has 70 valence electrons. The van der Waals surface area contributed by atoms with Gasteiger partial charge in [-0.2, -0.15) is 0 Å². The predicted molar refractivity (Wildman–Crippen MR) is 53.7 cm³/mol. The van der Waals surface area contributed by atoms with E-state index >= 15 is 0 Å². The fourth-order valence-corrected chi connectivity index (χ4v) is 0.969. The van der Waals surface area contributed by atoms with E-state index in [0.29, 0.717) is 5.56 Å². The van der Waals surface area contributed by atoms with Crippen molar-refractivity contribution >= 4 is 6.08 Å². The second kappa shape index (κ2) is 4.19. The Hall–Kier alpha value is -1.15. The molecule has 0 saturated carbocycles. The lowest BCUT2D eigenvalue weighted by Gasteiger charge is -2.05. The molecule has 13 heavy (non-hydrogen) atoms. The Morgan fingerprint density at radius 3 is 2.62 bits per heavy atom. The minimum atomic E-state index is -0.206. The van der Waals surface area contributed by atoms with Gasteiger partial charge in [0, 0.05) is 11.6 Å². The highest BCUT2D eigenvalue weighted by Gasteiger charge is 2.00. The van der Waals surface area contributed by atoms with Gasteiger partial charge in [-0.25, -0.2) is 4.39 Å². The summed E-state index contributed by atoms with van der Waals surface area (Å²) in [6.45, 7) is 3.78. The third-order valence-corrected chi connectivity index (χ3v) is 2.01. The maximum Gasteiger partial charge on any atom is 0.130 e. The molecule has 2 N–H and O–H groups in total. The highest BCUT2D eigenvalue weighted by Crippen LogP contribution is 2.12. The quantitative estimate of drug-likeness (QED) is 0.742. The van der Waals surface area contributed by atoms with Gasteiger partial charge in [0.25, 0.3) is 0 Å². The third kappa shape index (κ3) is 2.67. The molecule has 1 nitrogen and oxygen atoms in total. The molecule has 2 heteroatoms. The minimum Gasteiger partial charge on any atom is -0.324 e. The van der Waals surface area contributed by atoms with Crippen LogP contribution in [0.4, 0.5) is 4.39 Å². The minimum absolute atomic E-state index is 0.0281. The first kappa shape index (κ1) is 9.93. The lowest BCUT2D eigenvalue weighted by molar-refractivity contribution is 0.625. The van der Waals surface area contributed by atoms with Gasteiger partial charge in [0.1, 0.15) is 5.82 Å². The van der Waals surface area contributed by atoms with Crippen LogP contribution in [0.15, 0.2) is 29.8 Å². The SMILES string of the molecule is C/C(=C\c1ccccc1F)C(C)N. The summed E-state index contributed by atoms with van der Waals surface area (Å²) < 4.78 is 13.1. The Kier molecular flexibility index (Phi) is 3.20. The Morgan fingerprint density at radius 1 is 1.46 bits per heavy atom. The monoisotopic (exact) mass is 179 g/mol. The highest BCUT2D eigenvalue weighted by molar-refractivity contribution is 5.53. The van der Waals surface area contributed by atoms with Gasteiger partial charge < -0.3 is 5.73 Å². The van der Waals surface area contributed by atoms with Crippen molar-refractivity contribution in [3.05, 3.63) is 41.2 Å². The van der Waals surface area contributed by atoms with E-state index in [1.807, 2.05) is 19.9 Å². The van der Waals surface area contributed by atoms with Crippen molar-refractivity contribution in [2.75, 3.05) is 0 Å². The Bertz CT molecular complexity index is 316. The summed E-state index contributed by atoms with van der Waals surface area (Å²) in [5.41, 5.74) is 7.21. The van der Waals surface area contributed by atoms with Crippen LogP contribution in [0.25, 0.3) is 6.08 Å². The van der Waals surface area contributed by atoms with Crippen LogP contribution in [0.5, 0.6) is 0 Å². The van der Waals surface area contributed by atoms with Crippen LogP contribution in [0.3, 0.4) is 0 Å². The molecule has 0 bridgehead atoms. The third-order valence-electron chi connectivity index (χ3n) is 2.01. The molecule has 0 amide bonds. The molecule has 0 aliphatic rings. The average molecular weight is 179 g/mol. The number of halogens is 1. The van der Waals surface area contributed by atoms with Crippen LogP contribution >= 0.6 is 0 Å². The largest absolute Gasteiger partial charge is 0.324 e. The molecule has 0 spiro atoms. The van der Waals surface area contributed by atoms with E-state index in [4.69, 9.17) is 5.73 Å². The van der Waals surface area contributed by atoms with Gasteiger partial charge in [-0.05, 0) is 19.9 Å². The zero-order chi connectivity index (χ0) is 9.84. The lowest BCUT2D eigenvalue weighted by Crippen LogP contribution is -2.15. The van der Waals surface area contributed by atoms with Crippen LogP contribution in [-0.4, -0.2) is 6.04 Å². The summed E-state index contributed by atoms with van der Waals surface area (Å²) >= 11 is 0. The van der Waals surface area contributed by atoms with Gasteiger partial charge in [0.15, 0.2) is 0 Å². The molecule has 0 aromatic heterocycles. The van der Waals surface area contributed by atoms with Crippen molar-refractivity contribution in [1.82, 2.24) is 0 Å². The first-order chi connectivity index (χ1) is 6.11. The molecule has 0 aliphatic heterocycles. The lowest BCUT2D eigenvalue weighted by atomic mass is 10.1. The number of benzene rings is 1. The first-order valence-corrected chi connectivity index (χ1v) is 4.29. The number of hydrogen-bond acceptors (Lipinski definition) is 1. The van der Waals surface area contributed by atoms with Crippen LogP contribution in [0.1, 0.15) is 19.4 Å². The standard InChI is InChI=1S/C11H14FN/c1-8(9(2)13)7-10-5-3-4-6-11(10)12/h3-7,9H,13H2,1-2H3/b8-7+. The van der Waals surface area contributed by atoms with E-state index in [0.717, 1.165) is 5.57 Å². The Morgan fingerprint density at radius 2 is 2.08 bits per heavy atom. The number of nitrogens with two attached hydrogens (primary N) is 1. The maximum atomic E-state index is 13.1. The summed E-state index contributed by atoms with van der Waals surface area (Å²) in [6.07, 6.45) is 1.78. The summed E-state index contributed by atoms with van der Waals surface area (Å²) in [5, 5.41) is 0. The van der Waals surface area contributed by atoms with Crippen LogP contribution < -0.4 is 5.73 Å². The van der Waals surface area contributed by atoms with Gasteiger partial charge in [-0.1, -0.05) is 29.8 Å². The van der Waals surface area contributed by atoms with Crippen molar-refractivity contribution in [3.8, 4) is 0 Å². The fourth-order valence-electron chi connectivity index (χ4n) is 0.969. The van der Waals surface area contributed by atoms with Crippen LogP contribution in [-0.2, 0) is 0 Å². The topological polar surface area (TPSA) is 26.0 Å². The zero-order valence-corrected chi connectivity index (χ0v) is 7.92. The highest BCUT2D eigenvalue weighted by atomic mass is 19.1. The zero-order valence-electron chi connectivity index (χ0n) is 7.92. The van der Waals surface area contributed by atoms with Gasteiger partial charge in [-0.3, -0.25) is 0 Å². The van der Waals surface area contributed by atoms with Crippen molar-refractivity contribution in [3.63, 3.8) is 0 Å². The maximum absolute atomic E-state index is 13.1. The molecule has 1 rings (SSSR count). The normalized spacial score (nSPS) is 14.3. The number of hydrogen-bond donors (Lipinski definition) is 1. The Balaban J connectivity index is 2.97. The van der Waals surface area contributed by atoms with E-state index < -0.39 is 0 Å². The van der Waals surface area contributed by atoms with E-state index in [-0.39, 0.29) is 11.9 Å². The van der Waals surface area contributed by atoms with Crippen molar-refractivity contribution in [2.24, 2.45) is 5.73 Å². The van der Waals surface area contributed by atoms with Crippen molar-refractivity contribution in [1.29, 1.82) is 0 Å². The van der Waals surface area contributed by atoms with Gasteiger partial charge in [-0.15, -0.1) is 0 Å². The number of rotatable bonds is 2. The second-order valence-corrected chi connectivity index (χ2v) is 3.20. The van der Waals surface area contributed by atoms with Crippen molar-refractivity contribution < 1.29 is 4.39 Å². The molecule has 1 aromatic carbocycles. The molecule has 0 aliphatic carbocycles. The summed E-state index contributed by atoms with van der Waals surface area (Å²) in [4.78, 5) is 0. The van der Waals surface area contributed by atoms with Crippen molar-refractivity contribution in [2.45, 2.75) is 19.9 Å². The van der Waals surface area contributed by atoms with Gasteiger partial charge in [0.2, 0.25) is 0 Å². The summed E-state index contributed by atoms with van der Waals surface area (Å²) in [5.74, 6) is -0.206. The van der Waals surface area contributed by atoms with E-state index in [2.05, 4.69) is 0 Å². The molecular weight excluding hydrogens is 165 g/mol. The van der Waals surface area contributed by atoms with E-state index in [1.165, 1.54) is 6.07 Å². The summed E-state index contributed by atoms with van der Waals surface area (Å²) in [7, 11) is 0. The van der Waals surface area contributed by atoms with Gasteiger partial charge in [0.05, 0.1) is 0 Å². The van der Waals surface area contributed by atoms with E-state index in [1.54, 1.807) is 18.2 Å². The molecular formula is C11H14FN. The molecule has 1 aromatic rings. The van der Waals surface area contributed by atoms with E-state index in [9.17, 15) is 4.39 Å². The summed E-state index contributed by atoms with van der Waals surface area (Å²) in [6, 6.07) is 6.64. The fraction of sp³-hybridized carbons (Fsp3) is 0.273. The molecule has 0 fully saturated rings. The molecule has 0 radical (unpaired) electrons. The average Bonchev–Trinajstić information content (AvgIpc) is 2.08. The smallest absolute Gasteiger partial charge is 0.130 e. The van der Waals surface area contributed by atoms with Gasteiger partial charge >= 0.3 is 0 Å².